The maximum absolute atomic E-state index is 2.42. The Labute approximate surface area is 286 Å². The number of aromatic nitrogens is 1. The second-order valence-corrected chi connectivity index (χ2v) is 12.5. The number of nitrogens with zero attached hydrogens (tertiary/aromatic N) is 2. The van der Waals surface area contributed by atoms with E-state index in [4.69, 9.17) is 0 Å². The van der Waals surface area contributed by atoms with Crippen molar-refractivity contribution in [2.75, 3.05) is 4.90 Å². The van der Waals surface area contributed by atoms with Gasteiger partial charge in [0.1, 0.15) is 0 Å². The van der Waals surface area contributed by atoms with E-state index in [1.807, 2.05) is 0 Å². The summed E-state index contributed by atoms with van der Waals surface area (Å²) in [6.07, 6.45) is 9.85. The summed E-state index contributed by atoms with van der Waals surface area (Å²) in [4.78, 5) is 2.38. The van der Waals surface area contributed by atoms with E-state index in [-0.39, 0.29) is 0 Å². The van der Waals surface area contributed by atoms with Gasteiger partial charge in [0.05, 0.1) is 11.0 Å². The molecule has 1 aliphatic rings. The molecule has 1 aliphatic carbocycles. The largest absolute Gasteiger partial charge is 0.314 e. The SMILES string of the molecule is C1=CC(c2ccccc2)=CC=C(N(c2ccccc2)c2ccc(-c3cc4c5ccccc5n(-c5ccccc5)c4c4ccccc34)cc2)C1. The fraction of sp³-hybridized carbons (Fsp3) is 0.0213. The molecule has 0 aliphatic heterocycles. The summed E-state index contributed by atoms with van der Waals surface area (Å²) < 4.78 is 2.42. The minimum absolute atomic E-state index is 0.830. The van der Waals surface area contributed by atoms with Gasteiger partial charge < -0.3 is 9.47 Å². The number of hydrogen-bond acceptors (Lipinski definition) is 1. The standard InChI is InChI=1S/C47H34N2/c1-4-15-34(16-5-1)35-17-14-22-39(30-27-35)48(37-18-6-2-7-19-37)40-31-28-36(29-32-40)44-33-45-42-24-12-13-26-46(42)49(38-20-8-3-9-21-38)47(45)43-25-11-10-23-41(43)44/h1-21,23-33H,22H2. The van der Waals surface area contributed by atoms with Crippen LogP contribution in [-0.2, 0) is 0 Å². The summed E-state index contributed by atoms with van der Waals surface area (Å²) in [5.41, 5.74) is 12.0. The van der Waals surface area contributed by atoms with E-state index in [1.165, 1.54) is 66.2 Å². The zero-order valence-corrected chi connectivity index (χ0v) is 27.1. The van der Waals surface area contributed by atoms with E-state index in [0.29, 0.717) is 0 Å². The number of fused-ring (bicyclic) bond motifs is 5. The predicted molar refractivity (Wildman–Crippen MR) is 209 cm³/mol. The Balaban J connectivity index is 1.18. The number of allylic oxidation sites excluding steroid dienone is 5. The number of para-hydroxylation sites is 3. The van der Waals surface area contributed by atoms with Crippen molar-refractivity contribution in [1.82, 2.24) is 4.57 Å². The van der Waals surface area contributed by atoms with Crippen LogP contribution in [0.5, 0.6) is 0 Å². The molecule has 0 saturated carbocycles. The Morgan fingerprint density at radius 1 is 0.469 bits per heavy atom. The molecule has 232 valence electrons. The maximum atomic E-state index is 2.42. The lowest BCUT2D eigenvalue weighted by atomic mass is 9.95. The first-order valence-corrected chi connectivity index (χ1v) is 16.9. The second kappa shape index (κ2) is 12.3. The zero-order valence-electron chi connectivity index (χ0n) is 27.1. The normalized spacial score (nSPS) is 13.0. The molecule has 0 N–H and O–H groups in total. The fourth-order valence-corrected chi connectivity index (χ4v) is 7.36. The number of anilines is 2. The lowest BCUT2D eigenvalue weighted by Gasteiger charge is -2.27. The van der Waals surface area contributed by atoms with E-state index < -0.39 is 0 Å². The number of hydrogen-bond donors (Lipinski definition) is 0. The van der Waals surface area contributed by atoms with Crippen LogP contribution in [0.1, 0.15) is 12.0 Å². The quantitative estimate of drug-likeness (QED) is 0.178. The summed E-state index contributed by atoms with van der Waals surface area (Å²) in [7, 11) is 0. The van der Waals surface area contributed by atoms with Crippen molar-refractivity contribution in [2.45, 2.75) is 6.42 Å². The highest BCUT2D eigenvalue weighted by Gasteiger charge is 2.19. The minimum Gasteiger partial charge on any atom is -0.314 e. The molecule has 0 fully saturated rings. The van der Waals surface area contributed by atoms with E-state index in [9.17, 15) is 0 Å². The Hall–Kier alpha value is -6.38. The topological polar surface area (TPSA) is 8.17 Å². The van der Waals surface area contributed by atoms with Gasteiger partial charge in [0.2, 0.25) is 0 Å². The molecule has 9 rings (SSSR count). The monoisotopic (exact) mass is 626 g/mol. The Kier molecular flexibility index (Phi) is 7.25. The molecule has 7 aromatic carbocycles. The van der Waals surface area contributed by atoms with Gasteiger partial charge in [0.25, 0.3) is 0 Å². The smallest absolute Gasteiger partial charge is 0.0619 e. The third-order valence-electron chi connectivity index (χ3n) is 9.61. The van der Waals surface area contributed by atoms with Crippen molar-refractivity contribution in [3.63, 3.8) is 0 Å². The molecule has 0 unspecified atom stereocenters. The Bertz CT molecular complexity index is 2540. The number of benzene rings is 7. The van der Waals surface area contributed by atoms with Gasteiger partial charge in [0.15, 0.2) is 0 Å². The van der Waals surface area contributed by atoms with Gasteiger partial charge in [0, 0.05) is 45.3 Å². The molecule has 0 radical (unpaired) electrons. The molecule has 2 heteroatoms. The first kappa shape index (κ1) is 28.8. The van der Waals surface area contributed by atoms with Crippen LogP contribution in [-0.4, -0.2) is 4.57 Å². The Morgan fingerprint density at radius 2 is 1.08 bits per heavy atom. The molecule has 2 nitrogen and oxygen atoms in total. The third-order valence-corrected chi connectivity index (χ3v) is 9.61. The molecule has 0 bridgehead atoms. The highest BCUT2D eigenvalue weighted by atomic mass is 15.1. The molecule has 1 aromatic heterocycles. The average molecular weight is 627 g/mol. The summed E-state index contributed by atoms with van der Waals surface area (Å²) in [6.45, 7) is 0. The molecular formula is C47H34N2. The molecule has 0 saturated heterocycles. The lowest BCUT2D eigenvalue weighted by Crippen LogP contribution is -2.15. The minimum atomic E-state index is 0.830. The lowest BCUT2D eigenvalue weighted by molar-refractivity contribution is 1.08. The molecular weight excluding hydrogens is 593 g/mol. The van der Waals surface area contributed by atoms with Crippen LogP contribution < -0.4 is 4.90 Å². The molecule has 0 atom stereocenters. The van der Waals surface area contributed by atoms with E-state index in [2.05, 4.69) is 204 Å². The van der Waals surface area contributed by atoms with Gasteiger partial charge in [-0.15, -0.1) is 0 Å². The van der Waals surface area contributed by atoms with Crippen molar-refractivity contribution in [1.29, 1.82) is 0 Å². The van der Waals surface area contributed by atoms with Crippen LogP contribution >= 0.6 is 0 Å². The van der Waals surface area contributed by atoms with Crippen LogP contribution in [0, 0.1) is 0 Å². The zero-order chi connectivity index (χ0) is 32.6. The van der Waals surface area contributed by atoms with Gasteiger partial charge in [-0.25, -0.2) is 0 Å². The van der Waals surface area contributed by atoms with Crippen molar-refractivity contribution in [3.05, 3.63) is 205 Å². The van der Waals surface area contributed by atoms with Crippen LogP contribution in [0.4, 0.5) is 11.4 Å². The highest BCUT2D eigenvalue weighted by molar-refractivity contribution is 6.22. The molecule has 8 aromatic rings. The predicted octanol–water partition coefficient (Wildman–Crippen LogP) is 12.7. The van der Waals surface area contributed by atoms with E-state index in [1.54, 1.807) is 0 Å². The Morgan fingerprint density at radius 3 is 1.84 bits per heavy atom. The van der Waals surface area contributed by atoms with Crippen molar-refractivity contribution in [2.24, 2.45) is 0 Å². The van der Waals surface area contributed by atoms with Crippen LogP contribution in [0.3, 0.4) is 0 Å². The summed E-state index contributed by atoms with van der Waals surface area (Å²) in [5, 5.41) is 5.02. The molecule has 49 heavy (non-hydrogen) atoms. The van der Waals surface area contributed by atoms with Crippen LogP contribution in [0.2, 0.25) is 0 Å². The van der Waals surface area contributed by atoms with Gasteiger partial charge in [-0.2, -0.15) is 0 Å². The first-order chi connectivity index (χ1) is 24.3. The fourth-order valence-electron chi connectivity index (χ4n) is 7.36. The van der Waals surface area contributed by atoms with Gasteiger partial charge in [-0.05, 0) is 82.3 Å². The third kappa shape index (κ3) is 5.15. The van der Waals surface area contributed by atoms with Crippen molar-refractivity contribution < 1.29 is 0 Å². The molecule has 0 spiro atoms. The van der Waals surface area contributed by atoms with Gasteiger partial charge >= 0.3 is 0 Å². The molecule has 1 heterocycles. The van der Waals surface area contributed by atoms with Crippen LogP contribution in [0.25, 0.3) is 55.0 Å². The molecule has 0 amide bonds. The van der Waals surface area contributed by atoms with Crippen LogP contribution in [0.15, 0.2) is 200 Å². The van der Waals surface area contributed by atoms with Gasteiger partial charge in [-0.1, -0.05) is 140 Å². The summed E-state index contributed by atoms with van der Waals surface area (Å²) in [5.74, 6) is 0. The number of rotatable bonds is 6. The average Bonchev–Trinajstić information content (AvgIpc) is 3.32. The summed E-state index contributed by atoms with van der Waals surface area (Å²) >= 11 is 0. The van der Waals surface area contributed by atoms with Crippen molar-refractivity contribution in [3.8, 4) is 16.8 Å². The summed E-state index contributed by atoms with van der Waals surface area (Å²) in [6, 6.07) is 61.1. The van der Waals surface area contributed by atoms with E-state index in [0.717, 1.165) is 17.8 Å². The van der Waals surface area contributed by atoms with Gasteiger partial charge in [-0.3, -0.25) is 0 Å². The first-order valence-electron chi connectivity index (χ1n) is 16.9. The maximum Gasteiger partial charge on any atom is 0.0619 e. The van der Waals surface area contributed by atoms with E-state index >= 15 is 0 Å². The van der Waals surface area contributed by atoms with Crippen molar-refractivity contribution >= 4 is 49.5 Å². The highest BCUT2D eigenvalue weighted by Crippen LogP contribution is 2.42. The second-order valence-electron chi connectivity index (χ2n) is 12.5.